The molecule has 1 aromatic rings. The molecule has 0 aromatic carbocycles. The molecule has 0 fully saturated rings. The van der Waals surface area contributed by atoms with Crippen molar-refractivity contribution in [1.29, 1.82) is 0 Å². The SMILES string of the molecule is CC(C)(C)NC(=O)OCCNc1ccnc(CN=[N+]=[N-])c1. The summed E-state index contributed by atoms with van der Waals surface area (Å²) in [6.07, 6.45) is 1.18. The summed E-state index contributed by atoms with van der Waals surface area (Å²) < 4.78 is 5.04. The highest BCUT2D eigenvalue weighted by Crippen LogP contribution is 2.08. The Morgan fingerprint density at radius 2 is 2.29 bits per heavy atom. The topological polar surface area (TPSA) is 112 Å². The van der Waals surface area contributed by atoms with Gasteiger partial charge in [0.25, 0.3) is 0 Å². The van der Waals surface area contributed by atoms with Crippen LogP contribution in [0.3, 0.4) is 0 Å². The van der Waals surface area contributed by atoms with Gasteiger partial charge < -0.3 is 15.4 Å². The number of aromatic nitrogens is 1. The van der Waals surface area contributed by atoms with Crippen molar-refractivity contribution in [2.75, 3.05) is 18.5 Å². The van der Waals surface area contributed by atoms with Gasteiger partial charge in [0.15, 0.2) is 0 Å². The monoisotopic (exact) mass is 292 g/mol. The van der Waals surface area contributed by atoms with Crippen molar-refractivity contribution in [2.45, 2.75) is 32.9 Å². The van der Waals surface area contributed by atoms with Gasteiger partial charge in [0.1, 0.15) is 6.61 Å². The molecular formula is C13H20N6O2. The van der Waals surface area contributed by atoms with Gasteiger partial charge in [-0.2, -0.15) is 0 Å². The molecule has 0 unspecified atom stereocenters. The van der Waals surface area contributed by atoms with Crippen LogP contribution < -0.4 is 10.6 Å². The minimum Gasteiger partial charge on any atom is -0.448 e. The third-order valence-corrected chi connectivity index (χ3v) is 2.25. The number of hydrogen-bond acceptors (Lipinski definition) is 5. The first kappa shape index (κ1) is 16.6. The number of alkyl carbamates (subject to hydrolysis) is 1. The number of nitrogens with one attached hydrogen (secondary N) is 2. The number of hydrogen-bond donors (Lipinski definition) is 2. The van der Waals surface area contributed by atoms with E-state index in [1.54, 1.807) is 18.3 Å². The van der Waals surface area contributed by atoms with Crippen LogP contribution >= 0.6 is 0 Å². The first-order chi connectivity index (χ1) is 9.90. The van der Waals surface area contributed by atoms with Gasteiger partial charge in [-0.15, -0.1) is 0 Å². The summed E-state index contributed by atoms with van der Waals surface area (Å²) in [4.78, 5) is 18.2. The molecular weight excluding hydrogens is 272 g/mol. The van der Waals surface area contributed by atoms with E-state index >= 15 is 0 Å². The molecule has 0 radical (unpaired) electrons. The number of pyridine rings is 1. The maximum atomic E-state index is 11.4. The van der Waals surface area contributed by atoms with Crippen LogP contribution in [-0.2, 0) is 11.3 Å². The van der Waals surface area contributed by atoms with Crippen LogP contribution in [0.25, 0.3) is 10.4 Å². The second kappa shape index (κ2) is 7.96. The zero-order chi connectivity index (χ0) is 15.7. The predicted octanol–water partition coefficient (Wildman–Crippen LogP) is 2.83. The summed E-state index contributed by atoms with van der Waals surface area (Å²) in [6, 6.07) is 3.57. The van der Waals surface area contributed by atoms with E-state index in [0.717, 1.165) is 5.69 Å². The Bertz CT molecular complexity index is 520. The molecule has 0 aliphatic heterocycles. The number of anilines is 1. The molecule has 0 saturated heterocycles. The predicted molar refractivity (Wildman–Crippen MR) is 79.8 cm³/mol. The lowest BCUT2D eigenvalue weighted by Gasteiger charge is -2.20. The van der Waals surface area contributed by atoms with Crippen LogP contribution in [0.5, 0.6) is 0 Å². The van der Waals surface area contributed by atoms with Gasteiger partial charge >= 0.3 is 6.09 Å². The number of nitrogens with zero attached hydrogens (tertiary/aromatic N) is 4. The molecule has 0 atom stereocenters. The zero-order valence-corrected chi connectivity index (χ0v) is 12.5. The van der Waals surface area contributed by atoms with Crippen LogP contribution in [0.4, 0.5) is 10.5 Å². The first-order valence-corrected chi connectivity index (χ1v) is 6.55. The van der Waals surface area contributed by atoms with Crippen molar-refractivity contribution >= 4 is 11.8 Å². The molecule has 1 rings (SSSR count). The molecule has 0 saturated carbocycles. The summed E-state index contributed by atoms with van der Waals surface area (Å²) in [6.45, 7) is 6.58. The second-order valence-corrected chi connectivity index (χ2v) is 5.36. The van der Waals surface area contributed by atoms with Crippen molar-refractivity contribution in [3.8, 4) is 0 Å². The van der Waals surface area contributed by atoms with Gasteiger partial charge in [0, 0.05) is 34.6 Å². The largest absolute Gasteiger partial charge is 0.448 e. The number of carbonyl (C=O) groups is 1. The van der Waals surface area contributed by atoms with Gasteiger partial charge in [-0.05, 0) is 38.4 Å². The molecule has 0 aliphatic rings. The van der Waals surface area contributed by atoms with Crippen molar-refractivity contribution in [2.24, 2.45) is 5.11 Å². The number of amides is 1. The molecule has 21 heavy (non-hydrogen) atoms. The zero-order valence-electron chi connectivity index (χ0n) is 12.5. The third-order valence-electron chi connectivity index (χ3n) is 2.25. The number of rotatable bonds is 6. The van der Waals surface area contributed by atoms with E-state index in [1.807, 2.05) is 20.8 Å². The quantitative estimate of drug-likeness (QED) is 0.363. The number of azide groups is 1. The molecule has 8 nitrogen and oxygen atoms in total. The number of carbonyl (C=O) groups excluding carboxylic acids is 1. The Morgan fingerprint density at radius 1 is 1.52 bits per heavy atom. The lowest BCUT2D eigenvalue weighted by molar-refractivity contribution is 0.142. The summed E-state index contributed by atoms with van der Waals surface area (Å²) in [7, 11) is 0. The van der Waals surface area contributed by atoms with Crippen LogP contribution in [0.15, 0.2) is 23.4 Å². The number of ether oxygens (including phenoxy) is 1. The van der Waals surface area contributed by atoms with Crippen LogP contribution in [-0.4, -0.2) is 29.8 Å². The van der Waals surface area contributed by atoms with E-state index in [4.69, 9.17) is 10.3 Å². The maximum absolute atomic E-state index is 11.4. The highest BCUT2D eigenvalue weighted by atomic mass is 16.5. The standard InChI is InChI=1S/C13H20N6O2/c1-13(2,3)18-12(20)21-7-6-16-10-4-5-15-11(8-10)9-17-19-14/h4-5,8H,6-7,9H2,1-3H3,(H,15,16)(H,18,20). The summed E-state index contributed by atoms with van der Waals surface area (Å²) >= 11 is 0. The molecule has 1 heterocycles. The minimum atomic E-state index is -0.442. The van der Waals surface area contributed by atoms with Crippen molar-refractivity contribution in [1.82, 2.24) is 10.3 Å². The van der Waals surface area contributed by atoms with Gasteiger partial charge in [-0.3, -0.25) is 4.98 Å². The fourth-order valence-electron chi connectivity index (χ4n) is 1.46. The summed E-state index contributed by atoms with van der Waals surface area (Å²) in [5.41, 5.74) is 9.45. The van der Waals surface area contributed by atoms with Crippen LogP contribution in [0.1, 0.15) is 26.5 Å². The van der Waals surface area contributed by atoms with Crippen molar-refractivity contribution in [3.05, 3.63) is 34.5 Å². The van der Waals surface area contributed by atoms with E-state index in [2.05, 4.69) is 25.6 Å². The fraction of sp³-hybridized carbons (Fsp3) is 0.538. The molecule has 0 aliphatic carbocycles. The average molecular weight is 292 g/mol. The van der Waals surface area contributed by atoms with Crippen molar-refractivity contribution < 1.29 is 9.53 Å². The lowest BCUT2D eigenvalue weighted by Crippen LogP contribution is -2.41. The Balaban J connectivity index is 2.32. The average Bonchev–Trinajstić information content (AvgIpc) is 2.40. The van der Waals surface area contributed by atoms with E-state index in [9.17, 15) is 4.79 Å². The third kappa shape index (κ3) is 7.64. The van der Waals surface area contributed by atoms with Crippen molar-refractivity contribution in [3.63, 3.8) is 0 Å². The molecule has 114 valence electrons. The normalized spacial score (nSPS) is 10.4. The van der Waals surface area contributed by atoms with E-state index < -0.39 is 6.09 Å². The molecule has 1 aromatic heterocycles. The fourth-order valence-corrected chi connectivity index (χ4v) is 1.46. The van der Waals surface area contributed by atoms with Crippen LogP contribution in [0.2, 0.25) is 0 Å². The lowest BCUT2D eigenvalue weighted by atomic mass is 10.1. The van der Waals surface area contributed by atoms with E-state index in [1.165, 1.54) is 0 Å². The minimum absolute atomic E-state index is 0.205. The molecule has 8 heteroatoms. The van der Waals surface area contributed by atoms with Gasteiger partial charge in [-0.1, -0.05) is 5.11 Å². The Morgan fingerprint density at radius 3 is 2.95 bits per heavy atom. The van der Waals surface area contributed by atoms with Gasteiger partial charge in [0.05, 0.1) is 6.54 Å². The molecule has 1 amide bonds. The maximum Gasteiger partial charge on any atom is 0.407 e. The van der Waals surface area contributed by atoms with Gasteiger partial charge in [0.2, 0.25) is 0 Å². The first-order valence-electron chi connectivity index (χ1n) is 6.55. The summed E-state index contributed by atoms with van der Waals surface area (Å²) in [5.74, 6) is 0. The second-order valence-electron chi connectivity index (χ2n) is 5.36. The van der Waals surface area contributed by atoms with E-state index in [-0.39, 0.29) is 18.7 Å². The highest BCUT2D eigenvalue weighted by Gasteiger charge is 2.13. The Hall–Kier alpha value is -2.47. The molecule has 0 bridgehead atoms. The molecule has 0 spiro atoms. The molecule has 2 N–H and O–H groups in total. The van der Waals surface area contributed by atoms with Gasteiger partial charge in [-0.25, -0.2) is 4.79 Å². The van der Waals surface area contributed by atoms with E-state index in [0.29, 0.717) is 12.2 Å². The van der Waals surface area contributed by atoms with Crippen LogP contribution in [0, 0.1) is 0 Å². The Kier molecular flexibility index (Phi) is 6.29. The Labute approximate surface area is 123 Å². The highest BCUT2D eigenvalue weighted by molar-refractivity contribution is 5.68. The smallest absolute Gasteiger partial charge is 0.407 e. The summed E-state index contributed by atoms with van der Waals surface area (Å²) in [5, 5.41) is 9.25.